The van der Waals surface area contributed by atoms with E-state index in [2.05, 4.69) is 20.6 Å². The van der Waals surface area contributed by atoms with Crippen LogP contribution >= 0.6 is 0 Å². The van der Waals surface area contributed by atoms with Crippen LogP contribution in [0.15, 0.2) is 12.3 Å². The van der Waals surface area contributed by atoms with Crippen LogP contribution in [0.2, 0.25) is 0 Å². The highest BCUT2D eigenvalue weighted by atomic mass is 19.4. The first-order valence-corrected chi connectivity index (χ1v) is 6.62. The van der Waals surface area contributed by atoms with E-state index in [9.17, 15) is 23.4 Å². The van der Waals surface area contributed by atoms with Crippen LogP contribution in [0, 0.1) is 0 Å². The molecule has 4 atom stereocenters. The van der Waals surface area contributed by atoms with Gasteiger partial charge in [0.1, 0.15) is 17.9 Å². The van der Waals surface area contributed by atoms with Gasteiger partial charge in [-0.15, -0.1) is 0 Å². The Kier molecular flexibility index (Phi) is 5.16. The topological polar surface area (TPSA) is 99.5 Å². The first-order chi connectivity index (χ1) is 10.3. The van der Waals surface area contributed by atoms with E-state index in [0.717, 1.165) is 12.3 Å². The van der Waals surface area contributed by atoms with Crippen LogP contribution in [-0.4, -0.2) is 64.7 Å². The van der Waals surface area contributed by atoms with E-state index in [1.54, 1.807) is 7.05 Å². The standard InChI is InChI=1S/C12H17F3N4O3/c1-16-4-7-10(21)9(20)6(5-22-7)18-11-17-3-2-8(19-11)12(13,14)15/h2-3,6-7,9-10,16,20-21H,4-5H2,1H3,(H,17,18,19)/t6-,7+,9+,10-/m0/s1. The molecule has 2 rings (SSSR count). The Hall–Kier alpha value is -1.49. The van der Waals surface area contributed by atoms with Crippen LogP contribution in [0.1, 0.15) is 5.69 Å². The number of nitrogens with one attached hydrogen (secondary N) is 2. The summed E-state index contributed by atoms with van der Waals surface area (Å²) >= 11 is 0. The van der Waals surface area contributed by atoms with Crippen LogP contribution in [-0.2, 0) is 10.9 Å². The lowest BCUT2D eigenvalue weighted by Gasteiger charge is -2.37. The molecule has 2 heterocycles. The molecule has 1 saturated heterocycles. The van der Waals surface area contributed by atoms with Crippen LogP contribution in [0.5, 0.6) is 0 Å². The third-order valence-electron chi connectivity index (χ3n) is 3.30. The number of hydrogen-bond acceptors (Lipinski definition) is 7. The highest BCUT2D eigenvalue weighted by molar-refractivity contribution is 5.29. The minimum atomic E-state index is -4.58. The molecule has 0 spiro atoms. The van der Waals surface area contributed by atoms with Crippen molar-refractivity contribution < 1.29 is 28.1 Å². The maximum atomic E-state index is 12.6. The normalized spacial score (nSPS) is 29.4. The Morgan fingerprint density at radius 3 is 2.73 bits per heavy atom. The molecule has 124 valence electrons. The molecule has 7 nitrogen and oxygen atoms in total. The first kappa shape index (κ1) is 16.9. The van der Waals surface area contributed by atoms with Gasteiger partial charge in [0.2, 0.25) is 5.95 Å². The monoisotopic (exact) mass is 322 g/mol. The summed E-state index contributed by atoms with van der Waals surface area (Å²) in [5.41, 5.74) is -1.09. The smallest absolute Gasteiger partial charge is 0.388 e. The molecule has 0 saturated carbocycles. The minimum Gasteiger partial charge on any atom is -0.388 e. The van der Waals surface area contributed by atoms with E-state index in [0.29, 0.717) is 6.54 Å². The van der Waals surface area contributed by atoms with Crippen molar-refractivity contribution >= 4 is 5.95 Å². The van der Waals surface area contributed by atoms with Gasteiger partial charge in [0.05, 0.1) is 18.8 Å². The second-order valence-corrected chi connectivity index (χ2v) is 4.92. The molecule has 1 aromatic heterocycles. The number of anilines is 1. The molecule has 1 aliphatic rings. The number of nitrogens with zero attached hydrogens (tertiary/aromatic N) is 2. The fraction of sp³-hybridized carbons (Fsp3) is 0.667. The van der Waals surface area contributed by atoms with E-state index in [1.807, 2.05) is 0 Å². The molecule has 0 amide bonds. The second kappa shape index (κ2) is 6.73. The van der Waals surface area contributed by atoms with E-state index in [1.165, 1.54) is 0 Å². The predicted octanol–water partition coefficient (Wildman–Crippen LogP) is -0.384. The molecular weight excluding hydrogens is 305 g/mol. The number of likely N-dealkylation sites (N-methyl/N-ethyl adjacent to an activating group) is 1. The molecule has 0 radical (unpaired) electrons. The van der Waals surface area contributed by atoms with Crippen molar-refractivity contribution in [3.8, 4) is 0 Å². The Balaban J connectivity index is 2.05. The quantitative estimate of drug-likeness (QED) is 0.599. The first-order valence-electron chi connectivity index (χ1n) is 6.62. The zero-order valence-corrected chi connectivity index (χ0v) is 11.7. The lowest BCUT2D eigenvalue weighted by Crippen LogP contribution is -2.57. The minimum absolute atomic E-state index is 0.00415. The highest BCUT2D eigenvalue weighted by Crippen LogP contribution is 2.28. The van der Waals surface area contributed by atoms with Crippen molar-refractivity contribution in [2.24, 2.45) is 0 Å². The Morgan fingerprint density at radius 2 is 2.09 bits per heavy atom. The average molecular weight is 322 g/mol. The molecule has 1 aliphatic heterocycles. The number of aromatic nitrogens is 2. The average Bonchev–Trinajstić information content (AvgIpc) is 2.46. The van der Waals surface area contributed by atoms with Gasteiger partial charge in [-0.1, -0.05) is 0 Å². The third kappa shape index (κ3) is 3.83. The number of aliphatic hydroxyl groups excluding tert-OH is 2. The molecule has 1 fully saturated rings. The fourth-order valence-electron chi connectivity index (χ4n) is 2.14. The Labute approximate surface area is 124 Å². The van der Waals surface area contributed by atoms with Gasteiger partial charge in [-0.05, 0) is 13.1 Å². The molecule has 0 aromatic carbocycles. The van der Waals surface area contributed by atoms with E-state index >= 15 is 0 Å². The number of alkyl halides is 3. The molecule has 4 N–H and O–H groups in total. The lowest BCUT2D eigenvalue weighted by atomic mass is 9.98. The van der Waals surface area contributed by atoms with Crippen LogP contribution in [0.25, 0.3) is 0 Å². The summed E-state index contributed by atoms with van der Waals surface area (Å²) in [4.78, 5) is 7.02. The largest absolute Gasteiger partial charge is 0.433 e. The number of hydrogen-bond donors (Lipinski definition) is 4. The summed E-state index contributed by atoms with van der Waals surface area (Å²) in [6.07, 6.45) is -6.61. The van der Waals surface area contributed by atoms with Crippen LogP contribution < -0.4 is 10.6 Å². The van der Waals surface area contributed by atoms with Gasteiger partial charge >= 0.3 is 6.18 Å². The summed E-state index contributed by atoms with van der Waals surface area (Å²) < 4.78 is 43.1. The fourth-order valence-corrected chi connectivity index (χ4v) is 2.14. The summed E-state index contributed by atoms with van der Waals surface area (Å²) in [5, 5.41) is 25.3. The zero-order valence-electron chi connectivity index (χ0n) is 11.7. The van der Waals surface area contributed by atoms with Gasteiger partial charge in [0.25, 0.3) is 0 Å². The summed E-state index contributed by atoms with van der Waals surface area (Å²) in [5.74, 6) is -0.290. The van der Waals surface area contributed by atoms with Crippen molar-refractivity contribution in [3.05, 3.63) is 18.0 Å². The molecule has 1 aromatic rings. The van der Waals surface area contributed by atoms with Crippen molar-refractivity contribution in [2.45, 2.75) is 30.5 Å². The van der Waals surface area contributed by atoms with Gasteiger partial charge in [0, 0.05) is 12.7 Å². The van der Waals surface area contributed by atoms with Crippen molar-refractivity contribution in [3.63, 3.8) is 0 Å². The molecule has 22 heavy (non-hydrogen) atoms. The zero-order chi connectivity index (χ0) is 16.3. The SMILES string of the molecule is CNC[C@H]1OC[C@H](Nc2nccc(C(F)(F)F)n2)[C@@H](O)[C@H]1O. The summed E-state index contributed by atoms with van der Waals surface area (Å²) in [6, 6.07) is -0.0665. The van der Waals surface area contributed by atoms with Crippen molar-refractivity contribution in [1.82, 2.24) is 15.3 Å². The van der Waals surface area contributed by atoms with Gasteiger partial charge in [-0.3, -0.25) is 0 Å². The summed E-state index contributed by atoms with van der Waals surface area (Å²) in [7, 11) is 1.67. The third-order valence-corrected chi connectivity index (χ3v) is 3.30. The molecule has 0 unspecified atom stereocenters. The van der Waals surface area contributed by atoms with Crippen molar-refractivity contribution in [1.29, 1.82) is 0 Å². The molecule has 10 heteroatoms. The van der Waals surface area contributed by atoms with Gasteiger partial charge in [-0.25, -0.2) is 9.97 Å². The van der Waals surface area contributed by atoms with Gasteiger partial charge < -0.3 is 25.6 Å². The van der Waals surface area contributed by atoms with E-state index in [4.69, 9.17) is 4.74 Å². The van der Waals surface area contributed by atoms with Crippen LogP contribution in [0.4, 0.5) is 19.1 Å². The van der Waals surface area contributed by atoms with Crippen LogP contribution in [0.3, 0.4) is 0 Å². The molecule has 0 aliphatic carbocycles. The van der Waals surface area contributed by atoms with E-state index < -0.39 is 36.2 Å². The summed E-state index contributed by atoms with van der Waals surface area (Å²) in [6.45, 7) is 0.342. The molecular formula is C12H17F3N4O3. The lowest BCUT2D eigenvalue weighted by molar-refractivity contribution is -0.141. The van der Waals surface area contributed by atoms with Gasteiger partial charge in [-0.2, -0.15) is 13.2 Å². The molecule has 0 bridgehead atoms. The second-order valence-electron chi connectivity index (χ2n) is 4.92. The predicted molar refractivity (Wildman–Crippen MR) is 70.1 cm³/mol. The number of ether oxygens (including phenoxy) is 1. The highest BCUT2D eigenvalue weighted by Gasteiger charge is 2.39. The van der Waals surface area contributed by atoms with E-state index in [-0.39, 0.29) is 12.6 Å². The maximum absolute atomic E-state index is 12.6. The Bertz CT molecular complexity index is 503. The van der Waals surface area contributed by atoms with Crippen molar-refractivity contribution in [2.75, 3.05) is 25.5 Å². The number of halogens is 3. The Morgan fingerprint density at radius 1 is 1.36 bits per heavy atom. The number of aliphatic hydroxyl groups is 2. The maximum Gasteiger partial charge on any atom is 0.433 e. The van der Waals surface area contributed by atoms with Gasteiger partial charge in [0.15, 0.2) is 0 Å². The number of rotatable bonds is 4.